The molecule has 1 saturated heterocycles. The fourth-order valence-corrected chi connectivity index (χ4v) is 2.69. The largest absolute Gasteiger partial charge is 0.431 e. The van der Waals surface area contributed by atoms with Crippen molar-refractivity contribution in [3.63, 3.8) is 0 Å². The number of esters is 1. The molecule has 0 aromatic heterocycles. The third-order valence-corrected chi connectivity index (χ3v) is 3.99. The first-order valence-corrected chi connectivity index (χ1v) is 8.25. The first-order valence-electron chi connectivity index (χ1n) is 6.52. The second-order valence-electron chi connectivity index (χ2n) is 4.13. The summed E-state index contributed by atoms with van der Waals surface area (Å²) in [5.74, 6) is -0.452. The molecule has 1 heterocycles. The molecule has 0 bridgehead atoms. The van der Waals surface area contributed by atoms with Crippen molar-refractivity contribution in [1.82, 2.24) is 0 Å². The molecule has 1 aliphatic rings. The molecule has 108 valence electrons. The lowest BCUT2D eigenvalue weighted by molar-refractivity contribution is -0.132. The minimum Gasteiger partial charge on any atom is -0.431 e. The van der Waals surface area contributed by atoms with Gasteiger partial charge >= 0.3 is 15.3 Å². The zero-order chi connectivity index (χ0) is 14.6. The van der Waals surface area contributed by atoms with E-state index >= 15 is 0 Å². The van der Waals surface area contributed by atoms with Gasteiger partial charge in [0.2, 0.25) is 0 Å². The number of hydrogen-bond donors (Lipinski definition) is 0. The number of hydrogen-bond acceptors (Lipinski definition) is 3. The van der Waals surface area contributed by atoms with E-state index in [9.17, 15) is 8.90 Å². The van der Waals surface area contributed by atoms with Crippen LogP contribution in [0.25, 0.3) is 6.08 Å². The van der Waals surface area contributed by atoms with Gasteiger partial charge in [-0.1, -0.05) is 36.9 Å². The predicted molar refractivity (Wildman–Crippen MR) is 80.0 cm³/mol. The predicted octanol–water partition coefficient (Wildman–Crippen LogP) is 3.37. The summed E-state index contributed by atoms with van der Waals surface area (Å²) in [5, 5.41) is 0. The van der Waals surface area contributed by atoms with Gasteiger partial charge in [-0.2, -0.15) is 0 Å². The summed E-state index contributed by atoms with van der Waals surface area (Å²) in [6.45, 7) is 3.95. The van der Waals surface area contributed by atoms with Crippen LogP contribution in [0.3, 0.4) is 0 Å². The van der Waals surface area contributed by atoms with Crippen molar-refractivity contribution >= 4 is 21.4 Å². The molecule has 3 nitrogen and oxygen atoms in total. The number of ether oxygens (including phenoxy) is 1. The molecule has 0 spiro atoms. The normalized spacial score (nSPS) is 17.9. The molecule has 2 rings (SSSR count). The summed E-state index contributed by atoms with van der Waals surface area (Å²) in [5.41, 5.74) is 0.986. The maximum atomic E-state index is 12.1. The van der Waals surface area contributed by atoms with Gasteiger partial charge in [0.1, 0.15) is 0 Å². The minimum atomic E-state index is -2.09. The summed E-state index contributed by atoms with van der Waals surface area (Å²) >= 11 is 0. The van der Waals surface area contributed by atoms with Crippen LogP contribution < -0.4 is 0 Å². The Morgan fingerprint density at radius 2 is 2.10 bits per heavy atom. The molecule has 1 aromatic rings. The molecule has 0 N–H and O–H groups in total. The van der Waals surface area contributed by atoms with Gasteiger partial charge in [-0.25, -0.2) is 4.79 Å². The van der Waals surface area contributed by atoms with Gasteiger partial charge in [-0.05, 0) is 30.5 Å². The van der Waals surface area contributed by atoms with Crippen molar-refractivity contribution in [2.24, 2.45) is 0 Å². The second-order valence-corrected chi connectivity index (χ2v) is 5.86. The maximum absolute atomic E-state index is 12.1. The molecule has 1 aromatic carbocycles. The number of rotatable bonds is 3. The van der Waals surface area contributed by atoms with E-state index in [1.54, 1.807) is 6.08 Å². The maximum Gasteiger partial charge on any atom is 0.368 e. The number of halogens is 1. The van der Waals surface area contributed by atoms with Gasteiger partial charge in [0.25, 0.3) is 0 Å². The molecule has 1 unspecified atom stereocenters. The van der Waals surface area contributed by atoms with Crippen LogP contribution in [0.1, 0.15) is 18.4 Å². The quantitative estimate of drug-likeness (QED) is 0.282. The van der Waals surface area contributed by atoms with Gasteiger partial charge in [0.05, 0.1) is 6.26 Å². The Bertz CT molecular complexity index is 428. The molecule has 1 fully saturated rings. The van der Waals surface area contributed by atoms with E-state index in [0.717, 1.165) is 30.5 Å². The highest BCUT2D eigenvalue weighted by Crippen LogP contribution is 2.10. The van der Waals surface area contributed by atoms with Crippen molar-refractivity contribution in [2.45, 2.75) is 18.9 Å². The van der Waals surface area contributed by atoms with Crippen molar-refractivity contribution in [1.29, 1.82) is 0 Å². The lowest BCUT2D eigenvalue weighted by Crippen LogP contribution is -2.17. The van der Waals surface area contributed by atoms with Crippen LogP contribution >= 0.6 is 0 Å². The third-order valence-electron chi connectivity index (χ3n) is 2.54. The van der Waals surface area contributed by atoms with Gasteiger partial charge in [-0.15, -0.1) is 0 Å². The van der Waals surface area contributed by atoms with Gasteiger partial charge in [0, 0.05) is 12.7 Å². The van der Waals surface area contributed by atoms with E-state index in [0.29, 0.717) is 6.61 Å². The van der Waals surface area contributed by atoms with E-state index in [1.165, 1.54) is 6.26 Å². The molecule has 0 amide bonds. The minimum absolute atomic E-state index is 0.452. The Labute approximate surface area is 120 Å². The van der Waals surface area contributed by atoms with Crippen molar-refractivity contribution in [3.05, 3.63) is 54.8 Å². The Hall–Kier alpha value is -1.72. The Kier molecular flexibility index (Phi) is 8.26. The molecule has 1 atom stereocenters. The Morgan fingerprint density at radius 3 is 2.60 bits per heavy atom. The summed E-state index contributed by atoms with van der Waals surface area (Å²) in [6, 6.07) is 10.3. The van der Waals surface area contributed by atoms with Gasteiger partial charge in [0.15, 0.2) is 0 Å². The Balaban J connectivity index is 0.000000240. The van der Waals surface area contributed by atoms with E-state index in [-0.39, 0.29) is 0 Å². The fourth-order valence-electron chi connectivity index (χ4n) is 1.49. The fraction of sp³-hybridized carbons (Fsp3) is 0.267. The topological polar surface area (TPSA) is 35.5 Å². The van der Waals surface area contributed by atoms with E-state index < -0.39 is 15.3 Å². The van der Waals surface area contributed by atoms with Crippen LogP contribution in [0, 0.1) is 0 Å². The van der Waals surface area contributed by atoms with Gasteiger partial charge < -0.3 is 9.16 Å². The molecule has 0 saturated carbocycles. The Morgan fingerprint density at radius 1 is 1.35 bits per heavy atom. The van der Waals surface area contributed by atoms with Crippen molar-refractivity contribution < 1.29 is 18.1 Å². The number of benzene rings is 1. The summed E-state index contributed by atoms with van der Waals surface area (Å²) in [4.78, 5) is 10.6. The summed E-state index contributed by atoms with van der Waals surface area (Å²) < 4.78 is 21.5. The van der Waals surface area contributed by atoms with E-state index in [1.807, 2.05) is 30.3 Å². The third kappa shape index (κ3) is 7.65. The lowest BCUT2D eigenvalue weighted by atomic mass is 10.2. The lowest BCUT2D eigenvalue weighted by Gasteiger charge is -2.12. The molecule has 20 heavy (non-hydrogen) atoms. The SMILES string of the molecule is C=CC(=O)OC=Cc1ccccc1.F[SiH]1CCCCO1. The van der Waals surface area contributed by atoms with Crippen LogP contribution in [0.4, 0.5) is 4.11 Å². The highest BCUT2D eigenvalue weighted by Gasteiger charge is 2.13. The van der Waals surface area contributed by atoms with E-state index in [2.05, 4.69) is 11.3 Å². The summed E-state index contributed by atoms with van der Waals surface area (Å²) in [6.07, 6.45) is 6.29. The first kappa shape index (κ1) is 16.3. The first-order chi connectivity index (χ1) is 9.72. The van der Waals surface area contributed by atoms with Crippen LogP contribution in [-0.2, 0) is 14.0 Å². The molecule has 5 heteroatoms. The molecule has 0 radical (unpaired) electrons. The standard InChI is InChI=1S/C11H10O2.C4H9FOSi/c1-2-11(12)13-9-8-10-6-4-3-5-7-10;5-7-4-2-1-3-6-7/h2-9H,1H2;7H,1-4H2. The zero-order valence-corrected chi connectivity index (χ0v) is 12.5. The summed E-state index contributed by atoms with van der Waals surface area (Å²) in [7, 11) is -2.09. The number of carbonyl (C=O) groups excluding carboxylic acids is 1. The second kappa shape index (κ2) is 10.1. The molecule has 0 aliphatic carbocycles. The van der Waals surface area contributed by atoms with E-state index in [4.69, 9.17) is 4.43 Å². The average Bonchev–Trinajstić information content (AvgIpc) is 2.49. The highest BCUT2D eigenvalue weighted by molar-refractivity contribution is 6.43. The molecular weight excluding hydrogens is 275 g/mol. The molecule has 1 aliphatic heterocycles. The van der Waals surface area contributed by atoms with Crippen molar-refractivity contribution in [2.75, 3.05) is 6.61 Å². The smallest absolute Gasteiger partial charge is 0.368 e. The van der Waals surface area contributed by atoms with Crippen LogP contribution in [0.2, 0.25) is 6.04 Å². The number of carbonyl (C=O) groups is 1. The van der Waals surface area contributed by atoms with Crippen molar-refractivity contribution in [3.8, 4) is 0 Å². The molecular formula is C15H19FO3Si. The van der Waals surface area contributed by atoms with Crippen LogP contribution in [-0.4, -0.2) is 22.0 Å². The van der Waals surface area contributed by atoms with Crippen LogP contribution in [0.5, 0.6) is 0 Å². The van der Waals surface area contributed by atoms with Crippen LogP contribution in [0.15, 0.2) is 49.2 Å². The van der Waals surface area contributed by atoms with Gasteiger partial charge in [-0.3, -0.25) is 4.11 Å². The highest BCUT2D eigenvalue weighted by atomic mass is 28.3. The average molecular weight is 294 g/mol. The monoisotopic (exact) mass is 294 g/mol. The zero-order valence-electron chi connectivity index (χ0n) is 11.3.